The number of nitrogens with zero attached hydrogens (tertiary/aromatic N) is 3. The number of rotatable bonds is 7. The number of aromatic nitrogens is 3. The van der Waals surface area contributed by atoms with Gasteiger partial charge in [-0.3, -0.25) is 4.21 Å². The molecule has 27 heavy (non-hydrogen) atoms. The Bertz CT molecular complexity index is 949. The maximum absolute atomic E-state index is 11.6. The van der Waals surface area contributed by atoms with Crippen molar-refractivity contribution in [2.24, 2.45) is 5.92 Å². The minimum atomic E-state index is -0.994. The molecule has 3 aromatic rings. The summed E-state index contributed by atoms with van der Waals surface area (Å²) in [6.07, 6.45) is 3.53. The van der Waals surface area contributed by atoms with Crippen LogP contribution in [0.5, 0.6) is 5.88 Å². The Morgan fingerprint density at radius 2 is 1.89 bits per heavy atom. The Labute approximate surface area is 162 Å². The van der Waals surface area contributed by atoms with E-state index in [0.29, 0.717) is 24.3 Å². The van der Waals surface area contributed by atoms with Crippen LogP contribution >= 0.6 is 0 Å². The highest BCUT2D eigenvalue weighted by Crippen LogP contribution is 2.27. The van der Waals surface area contributed by atoms with Gasteiger partial charge in [-0.25, -0.2) is 0 Å². The monoisotopic (exact) mass is 386 g/mol. The smallest absolute Gasteiger partial charge is 0.219 e. The fourth-order valence-electron chi connectivity index (χ4n) is 2.66. The molecular formula is C20H26N4O2S. The van der Waals surface area contributed by atoms with E-state index in [0.717, 1.165) is 27.6 Å². The number of nitrogens with one attached hydrogen (secondary N) is 1. The molecule has 0 saturated heterocycles. The van der Waals surface area contributed by atoms with Crippen molar-refractivity contribution < 1.29 is 8.95 Å². The van der Waals surface area contributed by atoms with E-state index in [2.05, 4.69) is 43.1 Å². The average Bonchev–Trinajstić information content (AvgIpc) is 3.05. The van der Waals surface area contributed by atoms with Crippen molar-refractivity contribution in [3.05, 3.63) is 42.1 Å². The van der Waals surface area contributed by atoms with Crippen molar-refractivity contribution in [3.8, 4) is 5.88 Å². The van der Waals surface area contributed by atoms with Gasteiger partial charge in [-0.15, -0.1) is 0 Å². The molecule has 0 radical (unpaired) electrons. The van der Waals surface area contributed by atoms with Gasteiger partial charge in [0, 0.05) is 39.3 Å². The first-order valence-corrected chi connectivity index (χ1v) is 10.6. The molecule has 1 unspecified atom stereocenters. The molecule has 0 fully saturated rings. The van der Waals surface area contributed by atoms with Crippen LogP contribution in [-0.2, 0) is 10.8 Å². The van der Waals surface area contributed by atoms with Crippen LogP contribution in [0.15, 0.2) is 41.4 Å². The highest BCUT2D eigenvalue weighted by molar-refractivity contribution is 7.84. The van der Waals surface area contributed by atoms with Gasteiger partial charge in [-0.05, 0) is 36.1 Å². The van der Waals surface area contributed by atoms with Gasteiger partial charge in [0.05, 0.1) is 12.8 Å². The third kappa shape index (κ3) is 4.47. The first-order valence-electron chi connectivity index (χ1n) is 9.07. The van der Waals surface area contributed by atoms with Gasteiger partial charge in [-0.1, -0.05) is 27.7 Å². The van der Waals surface area contributed by atoms with Crippen molar-refractivity contribution >= 4 is 28.0 Å². The zero-order valence-corrected chi connectivity index (χ0v) is 17.2. The molecule has 0 bridgehead atoms. The van der Waals surface area contributed by atoms with E-state index < -0.39 is 10.8 Å². The molecule has 1 N–H and O–H groups in total. The zero-order chi connectivity index (χ0) is 19.6. The largest absolute Gasteiger partial charge is 0.477 e. The molecule has 2 heterocycles. The Balaban J connectivity index is 2.00. The van der Waals surface area contributed by atoms with E-state index >= 15 is 0 Å². The predicted octanol–water partition coefficient (Wildman–Crippen LogP) is 4.37. The summed E-state index contributed by atoms with van der Waals surface area (Å²) in [5.74, 6) is 2.07. The predicted molar refractivity (Wildman–Crippen MR) is 109 cm³/mol. The Morgan fingerprint density at radius 1 is 1.19 bits per heavy atom. The van der Waals surface area contributed by atoms with Crippen LogP contribution < -0.4 is 10.1 Å². The summed E-state index contributed by atoms with van der Waals surface area (Å²) in [5.41, 5.74) is 2.75. The summed E-state index contributed by atoms with van der Waals surface area (Å²) in [7, 11) is -0.994. The summed E-state index contributed by atoms with van der Waals surface area (Å²) in [6.45, 7) is 9.06. The molecule has 7 heteroatoms. The highest BCUT2D eigenvalue weighted by Gasteiger charge is 2.15. The summed E-state index contributed by atoms with van der Waals surface area (Å²) in [5, 5.41) is 7.88. The van der Waals surface area contributed by atoms with E-state index in [1.165, 1.54) is 0 Å². The third-order valence-corrected chi connectivity index (χ3v) is 5.06. The molecule has 1 atom stereocenters. The van der Waals surface area contributed by atoms with Gasteiger partial charge in [0.15, 0.2) is 5.65 Å². The lowest BCUT2D eigenvalue weighted by Gasteiger charge is -2.13. The van der Waals surface area contributed by atoms with Gasteiger partial charge in [0.2, 0.25) is 5.88 Å². The van der Waals surface area contributed by atoms with Crippen molar-refractivity contribution in [1.29, 1.82) is 0 Å². The lowest BCUT2D eigenvalue weighted by molar-refractivity contribution is 0.261. The lowest BCUT2D eigenvalue weighted by Crippen LogP contribution is -2.08. The second kappa shape index (κ2) is 8.08. The summed E-state index contributed by atoms with van der Waals surface area (Å²) < 4.78 is 19.3. The minimum absolute atomic E-state index is 0.307. The van der Waals surface area contributed by atoms with Gasteiger partial charge < -0.3 is 10.1 Å². The van der Waals surface area contributed by atoms with E-state index in [4.69, 9.17) is 4.74 Å². The quantitative estimate of drug-likeness (QED) is 0.653. The van der Waals surface area contributed by atoms with Crippen molar-refractivity contribution in [2.45, 2.75) is 38.5 Å². The molecule has 0 aliphatic rings. The SMILES string of the molecule is CC(C)COc1cc(Nc2ccc(S(C)=O)cc2)n2ncc(C(C)C)c2n1. The summed E-state index contributed by atoms with van der Waals surface area (Å²) >= 11 is 0. The number of ether oxygens (including phenoxy) is 1. The molecule has 6 nitrogen and oxygen atoms in total. The summed E-state index contributed by atoms with van der Waals surface area (Å²) in [4.78, 5) is 5.46. The third-order valence-electron chi connectivity index (χ3n) is 4.12. The molecule has 2 aromatic heterocycles. The standard InChI is InChI=1S/C20H26N4O2S/c1-13(2)12-26-19-10-18(22-15-6-8-16(9-7-15)27(5)25)24-20(23-19)17(11-21-24)14(3)4/h6-11,13-14,22H,12H2,1-5H3. The van der Waals surface area contributed by atoms with Crippen molar-refractivity contribution in [3.63, 3.8) is 0 Å². The topological polar surface area (TPSA) is 68.5 Å². The fraction of sp³-hybridized carbons (Fsp3) is 0.400. The van der Waals surface area contributed by atoms with Crippen LogP contribution in [0, 0.1) is 5.92 Å². The first kappa shape index (κ1) is 19.4. The Kier molecular flexibility index (Phi) is 5.79. The maximum Gasteiger partial charge on any atom is 0.219 e. The van der Waals surface area contributed by atoms with Crippen LogP contribution in [0.1, 0.15) is 39.2 Å². The van der Waals surface area contributed by atoms with Crippen LogP contribution in [-0.4, -0.2) is 31.7 Å². The molecular weight excluding hydrogens is 360 g/mol. The number of hydrogen-bond acceptors (Lipinski definition) is 5. The highest BCUT2D eigenvalue weighted by atomic mass is 32.2. The normalized spacial score (nSPS) is 12.7. The second-order valence-corrected chi connectivity index (χ2v) is 8.66. The lowest BCUT2D eigenvalue weighted by atomic mass is 10.1. The van der Waals surface area contributed by atoms with Gasteiger partial charge in [-0.2, -0.15) is 14.6 Å². The molecule has 0 saturated carbocycles. The van der Waals surface area contributed by atoms with Crippen molar-refractivity contribution in [1.82, 2.24) is 14.6 Å². The van der Waals surface area contributed by atoms with Crippen molar-refractivity contribution in [2.75, 3.05) is 18.2 Å². The van der Waals surface area contributed by atoms with Gasteiger partial charge in [0.25, 0.3) is 0 Å². The molecule has 144 valence electrons. The number of benzene rings is 1. The molecule has 0 amide bonds. The van der Waals surface area contributed by atoms with E-state index in [9.17, 15) is 4.21 Å². The Morgan fingerprint density at radius 3 is 2.48 bits per heavy atom. The van der Waals surface area contributed by atoms with Gasteiger partial charge in [0.1, 0.15) is 5.82 Å². The van der Waals surface area contributed by atoms with Crippen LogP contribution in [0.2, 0.25) is 0 Å². The Hall–Kier alpha value is -2.41. The first-order chi connectivity index (χ1) is 12.8. The zero-order valence-electron chi connectivity index (χ0n) is 16.4. The van der Waals surface area contributed by atoms with Gasteiger partial charge >= 0.3 is 0 Å². The fourth-order valence-corrected chi connectivity index (χ4v) is 3.18. The minimum Gasteiger partial charge on any atom is -0.477 e. The van der Waals surface area contributed by atoms with E-state index in [1.54, 1.807) is 10.8 Å². The average molecular weight is 387 g/mol. The second-order valence-electron chi connectivity index (χ2n) is 7.28. The van der Waals surface area contributed by atoms with Crippen LogP contribution in [0.4, 0.5) is 11.5 Å². The van der Waals surface area contributed by atoms with Crippen LogP contribution in [0.25, 0.3) is 5.65 Å². The van der Waals surface area contributed by atoms with E-state index in [1.807, 2.05) is 36.5 Å². The maximum atomic E-state index is 11.6. The summed E-state index contributed by atoms with van der Waals surface area (Å²) in [6, 6.07) is 9.39. The molecule has 3 rings (SSSR count). The van der Waals surface area contributed by atoms with Crippen LogP contribution in [0.3, 0.4) is 0 Å². The number of anilines is 2. The molecule has 1 aromatic carbocycles. The number of fused-ring (bicyclic) bond motifs is 1. The number of hydrogen-bond donors (Lipinski definition) is 1. The van der Waals surface area contributed by atoms with E-state index in [-0.39, 0.29) is 0 Å². The molecule has 0 aliphatic heterocycles. The molecule has 0 spiro atoms. The molecule has 0 aliphatic carbocycles.